The number of rotatable bonds is 0. The summed E-state index contributed by atoms with van der Waals surface area (Å²) in [4.78, 5) is 4.80. The Bertz CT molecular complexity index is 1280. The molecule has 0 unspecified atom stereocenters. The predicted molar refractivity (Wildman–Crippen MR) is 98.4 cm³/mol. The summed E-state index contributed by atoms with van der Waals surface area (Å²) < 4.78 is 4.67. The van der Waals surface area contributed by atoms with Crippen LogP contribution in [-0.4, -0.2) is 9.38 Å². The van der Waals surface area contributed by atoms with Crippen molar-refractivity contribution in [1.29, 1.82) is 0 Å². The molecule has 116 valence electrons. The van der Waals surface area contributed by atoms with Crippen molar-refractivity contribution in [2.75, 3.05) is 0 Å². The maximum Gasteiger partial charge on any atom is 0.297 e. The summed E-state index contributed by atoms with van der Waals surface area (Å²) in [5.41, 5.74) is 8.48. The minimum absolute atomic E-state index is 1.08. The van der Waals surface area contributed by atoms with E-state index in [-0.39, 0.29) is 0 Å². The molecule has 2 aromatic carbocycles. The van der Waals surface area contributed by atoms with E-state index < -0.39 is 0 Å². The van der Waals surface area contributed by atoms with Crippen molar-refractivity contribution >= 4 is 38.5 Å². The topological polar surface area (TPSA) is 21.2 Å². The normalized spacial score (nSPS) is 12.0. The average Bonchev–Trinajstić information content (AvgIpc) is 2.91. The first-order valence-corrected chi connectivity index (χ1v) is 8.24. The number of fused-ring (bicyclic) bond motifs is 8. The molecule has 0 radical (unpaired) electrons. The van der Waals surface area contributed by atoms with Crippen molar-refractivity contribution in [3.8, 4) is 0 Å². The molecule has 3 heteroatoms. The lowest BCUT2D eigenvalue weighted by Crippen LogP contribution is -2.27. The summed E-state index contributed by atoms with van der Waals surface area (Å²) in [6, 6.07) is 17.1. The third kappa shape index (κ3) is 1.51. The Hall–Kier alpha value is -2.94. The first kappa shape index (κ1) is 13.5. The molecule has 0 N–H and O–H groups in total. The molecule has 5 rings (SSSR count). The number of hydrogen-bond acceptors (Lipinski definition) is 1. The molecular formula is C21H18N3+. The van der Waals surface area contributed by atoms with Crippen molar-refractivity contribution in [2.24, 2.45) is 7.05 Å². The van der Waals surface area contributed by atoms with Gasteiger partial charge in [0.15, 0.2) is 11.0 Å². The average molecular weight is 312 g/mol. The highest BCUT2D eigenvalue weighted by Gasteiger charge is 2.24. The van der Waals surface area contributed by atoms with Crippen LogP contribution in [0.15, 0.2) is 54.7 Å². The maximum atomic E-state index is 4.80. The van der Waals surface area contributed by atoms with Gasteiger partial charge in [-0.3, -0.25) is 4.98 Å². The van der Waals surface area contributed by atoms with E-state index in [4.69, 9.17) is 4.98 Å². The molecule has 0 atom stereocenters. The van der Waals surface area contributed by atoms with Gasteiger partial charge in [0.05, 0.1) is 18.0 Å². The molecule has 3 aromatic heterocycles. The molecule has 0 aliphatic carbocycles. The Balaban J connectivity index is 2.29. The van der Waals surface area contributed by atoms with E-state index >= 15 is 0 Å². The zero-order chi connectivity index (χ0) is 16.4. The van der Waals surface area contributed by atoms with Crippen LogP contribution in [-0.2, 0) is 7.05 Å². The van der Waals surface area contributed by atoms with Gasteiger partial charge < -0.3 is 0 Å². The zero-order valence-electron chi connectivity index (χ0n) is 14.0. The van der Waals surface area contributed by atoms with Gasteiger partial charge in [0.1, 0.15) is 5.52 Å². The molecule has 0 saturated heterocycles. The van der Waals surface area contributed by atoms with E-state index in [2.05, 4.69) is 78.4 Å². The van der Waals surface area contributed by atoms with E-state index in [1.807, 2.05) is 6.20 Å². The van der Waals surface area contributed by atoms with E-state index in [9.17, 15) is 0 Å². The van der Waals surface area contributed by atoms with E-state index in [0.717, 1.165) is 5.52 Å². The number of para-hydroxylation sites is 3. The first-order chi connectivity index (χ1) is 11.7. The predicted octanol–water partition coefficient (Wildman–Crippen LogP) is 4.24. The number of benzene rings is 2. The zero-order valence-corrected chi connectivity index (χ0v) is 14.0. The Labute approximate surface area is 139 Å². The second kappa shape index (κ2) is 4.54. The minimum atomic E-state index is 1.08. The molecule has 0 amide bonds. The van der Waals surface area contributed by atoms with Crippen LogP contribution in [0.2, 0.25) is 0 Å². The Morgan fingerprint density at radius 3 is 2.46 bits per heavy atom. The molecule has 5 aromatic rings. The Morgan fingerprint density at radius 1 is 0.917 bits per heavy atom. The molecule has 24 heavy (non-hydrogen) atoms. The molecule has 0 fully saturated rings. The molecule has 0 saturated carbocycles. The van der Waals surface area contributed by atoms with Crippen LogP contribution in [0.25, 0.3) is 38.5 Å². The third-order valence-electron chi connectivity index (χ3n) is 5.23. The van der Waals surface area contributed by atoms with Gasteiger partial charge in [0, 0.05) is 11.6 Å². The maximum absolute atomic E-state index is 4.80. The first-order valence-electron chi connectivity index (χ1n) is 8.24. The van der Waals surface area contributed by atoms with Crippen molar-refractivity contribution in [3.05, 3.63) is 65.9 Å². The lowest BCUT2D eigenvalue weighted by atomic mass is 10.0. The number of imidazole rings is 1. The fourth-order valence-electron chi connectivity index (χ4n) is 3.88. The fourth-order valence-corrected chi connectivity index (χ4v) is 3.88. The number of pyridine rings is 2. The quantitative estimate of drug-likeness (QED) is 0.309. The van der Waals surface area contributed by atoms with Gasteiger partial charge in [-0.1, -0.05) is 24.3 Å². The van der Waals surface area contributed by atoms with Gasteiger partial charge >= 0.3 is 0 Å². The molecule has 0 spiro atoms. The number of aromatic nitrogens is 3. The highest BCUT2D eigenvalue weighted by Crippen LogP contribution is 2.32. The molecule has 0 aliphatic rings. The SMILES string of the molecule is Cc1cnc2c3ccccc3n3c4ccccc4[n+](C)c3c2c1C. The van der Waals surface area contributed by atoms with E-state index in [1.54, 1.807) is 0 Å². The summed E-state index contributed by atoms with van der Waals surface area (Å²) in [5.74, 6) is 0. The van der Waals surface area contributed by atoms with Crippen LogP contribution in [0, 0.1) is 13.8 Å². The number of aryl methyl sites for hydroxylation is 3. The summed E-state index contributed by atoms with van der Waals surface area (Å²) in [7, 11) is 2.15. The van der Waals surface area contributed by atoms with E-state index in [0.29, 0.717) is 0 Å². The van der Waals surface area contributed by atoms with Gasteiger partial charge in [-0.25, -0.2) is 4.57 Å². The summed E-state index contributed by atoms with van der Waals surface area (Å²) in [6.45, 7) is 4.34. The van der Waals surface area contributed by atoms with Crippen LogP contribution in [0.3, 0.4) is 0 Å². The van der Waals surface area contributed by atoms with Crippen LogP contribution in [0.1, 0.15) is 11.1 Å². The summed E-state index contributed by atoms with van der Waals surface area (Å²) in [6.07, 6.45) is 1.99. The molecular weight excluding hydrogens is 294 g/mol. The van der Waals surface area contributed by atoms with Crippen molar-refractivity contribution in [1.82, 2.24) is 9.38 Å². The summed E-state index contributed by atoms with van der Waals surface area (Å²) in [5, 5.41) is 2.44. The lowest BCUT2D eigenvalue weighted by molar-refractivity contribution is -0.617. The lowest BCUT2D eigenvalue weighted by Gasteiger charge is -2.08. The van der Waals surface area contributed by atoms with Crippen LogP contribution in [0.5, 0.6) is 0 Å². The van der Waals surface area contributed by atoms with Gasteiger partial charge in [-0.15, -0.1) is 0 Å². The van der Waals surface area contributed by atoms with Crippen molar-refractivity contribution in [2.45, 2.75) is 13.8 Å². The molecule has 3 heterocycles. The van der Waals surface area contributed by atoms with Crippen molar-refractivity contribution < 1.29 is 4.57 Å². The van der Waals surface area contributed by atoms with Crippen LogP contribution >= 0.6 is 0 Å². The Morgan fingerprint density at radius 2 is 1.62 bits per heavy atom. The number of hydrogen-bond donors (Lipinski definition) is 0. The molecule has 0 aliphatic heterocycles. The van der Waals surface area contributed by atoms with Gasteiger partial charge in [0.25, 0.3) is 5.65 Å². The molecule has 0 bridgehead atoms. The van der Waals surface area contributed by atoms with Crippen LogP contribution in [0.4, 0.5) is 0 Å². The third-order valence-corrected chi connectivity index (χ3v) is 5.23. The Kier molecular flexibility index (Phi) is 2.55. The van der Waals surface area contributed by atoms with Gasteiger partial charge in [0.2, 0.25) is 0 Å². The standard InChI is InChI=1S/C21H18N3/c1-13-12-22-20-15-8-4-5-9-16(15)24-18-11-7-6-10-17(18)23(3)21(24)19(20)14(13)2/h4-12H,1-3H3/q+1. The second-order valence-electron chi connectivity index (χ2n) is 6.51. The van der Waals surface area contributed by atoms with Crippen molar-refractivity contribution in [3.63, 3.8) is 0 Å². The van der Waals surface area contributed by atoms with Gasteiger partial charge in [-0.2, -0.15) is 4.40 Å². The summed E-state index contributed by atoms with van der Waals surface area (Å²) >= 11 is 0. The monoisotopic (exact) mass is 312 g/mol. The second-order valence-corrected chi connectivity index (χ2v) is 6.51. The highest BCUT2D eigenvalue weighted by molar-refractivity contribution is 6.11. The smallest absolute Gasteiger partial charge is 0.255 e. The largest absolute Gasteiger partial charge is 0.297 e. The number of nitrogens with zero attached hydrogens (tertiary/aromatic N) is 3. The van der Waals surface area contributed by atoms with Crippen LogP contribution < -0.4 is 4.57 Å². The fraction of sp³-hybridized carbons (Fsp3) is 0.143. The highest BCUT2D eigenvalue weighted by atomic mass is 15.1. The van der Waals surface area contributed by atoms with Gasteiger partial charge in [-0.05, 0) is 49.2 Å². The van der Waals surface area contributed by atoms with E-state index in [1.165, 1.54) is 44.1 Å². The minimum Gasteiger partial charge on any atom is -0.255 e. The molecule has 3 nitrogen and oxygen atoms in total.